The number of nitrogens with zero attached hydrogens (tertiary/aromatic N) is 1. The third-order valence-corrected chi connectivity index (χ3v) is 3.29. The number of ether oxygens (including phenoxy) is 2. The number of hydrogen-bond acceptors (Lipinski definition) is 5. The zero-order valence-corrected chi connectivity index (χ0v) is 9.56. The Hall–Kier alpha value is -1.83. The van der Waals surface area contributed by atoms with Crippen LogP contribution in [0.1, 0.15) is 26.2 Å². The lowest BCUT2D eigenvalue weighted by atomic mass is 9.79. The Kier molecular flexibility index (Phi) is 2.66. The van der Waals surface area contributed by atoms with Crippen LogP contribution in [0, 0.1) is 17.2 Å². The smallest absolute Gasteiger partial charge is 0.334 e. The third-order valence-electron chi connectivity index (χ3n) is 3.29. The Morgan fingerprint density at radius 1 is 1.71 bits per heavy atom. The van der Waals surface area contributed by atoms with Crippen molar-refractivity contribution < 1.29 is 19.1 Å². The highest BCUT2D eigenvalue weighted by atomic mass is 16.6. The van der Waals surface area contributed by atoms with E-state index < -0.39 is 17.7 Å². The number of carbonyl (C=O) groups is 2. The van der Waals surface area contributed by atoms with Gasteiger partial charge in [0.25, 0.3) is 0 Å². The SMILES string of the molecule is C=C(C)C(=O)OC1(C#N)CCC2CC1OC2=O. The van der Waals surface area contributed by atoms with Crippen LogP contribution in [0.2, 0.25) is 0 Å². The second-order valence-corrected chi connectivity index (χ2v) is 4.57. The molecule has 0 aromatic heterocycles. The van der Waals surface area contributed by atoms with Gasteiger partial charge in [0.15, 0.2) is 6.10 Å². The lowest BCUT2D eigenvalue weighted by Gasteiger charge is -2.33. The molecule has 2 aliphatic rings. The molecule has 1 heterocycles. The minimum atomic E-state index is -1.33. The van der Waals surface area contributed by atoms with Gasteiger partial charge in [-0.3, -0.25) is 4.79 Å². The van der Waals surface area contributed by atoms with Gasteiger partial charge in [-0.1, -0.05) is 6.58 Å². The fourth-order valence-corrected chi connectivity index (χ4v) is 2.23. The van der Waals surface area contributed by atoms with E-state index in [1.165, 1.54) is 6.92 Å². The number of fused-ring (bicyclic) bond motifs is 2. The van der Waals surface area contributed by atoms with Crippen LogP contribution in [0.25, 0.3) is 0 Å². The molecule has 0 amide bonds. The predicted octanol–water partition coefficient (Wildman–Crippen LogP) is 1.09. The summed E-state index contributed by atoms with van der Waals surface area (Å²) in [6.45, 7) is 4.98. The Morgan fingerprint density at radius 2 is 2.41 bits per heavy atom. The minimum Gasteiger partial charge on any atom is -0.457 e. The molecule has 1 aliphatic heterocycles. The Balaban J connectivity index is 2.21. The fourth-order valence-electron chi connectivity index (χ4n) is 2.23. The van der Waals surface area contributed by atoms with Crippen LogP contribution in [-0.2, 0) is 19.1 Å². The molecular weight excluding hydrogens is 222 g/mol. The first-order valence-electron chi connectivity index (χ1n) is 5.49. The first-order chi connectivity index (χ1) is 7.98. The van der Waals surface area contributed by atoms with Crippen molar-refractivity contribution >= 4 is 11.9 Å². The molecule has 2 rings (SSSR count). The molecule has 0 N–H and O–H groups in total. The molecule has 2 bridgehead atoms. The maximum absolute atomic E-state index is 11.5. The van der Waals surface area contributed by atoms with Crippen LogP contribution >= 0.6 is 0 Å². The third kappa shape index (κ3) is 1.80. The van der Waals surface area contributed by atoms with Crippen LogP contribution in [0.5, 0.6) is 0 Å². The van der Waals surface area contributed by atoms with E-state index in [1.54, 1.807) is 0 Å². The molecule has 1 saturated carbocycles. The van der Waals surface area contributed by atoms with Crippen molar-refractivity contribution in [3.05, 3.63) is 12.2 Å². The lowest BCUT2D eigenvalue weighted by Crippen LogP contribution is -2.47. The van der Waals surface area contributed by atoms with Crippen LogP contribution in [0.4, 0.5) is 0 Å². The van der Waals surface area contributed by atoms with E-state index in [2.05, 4.69) is 6.58 Å². The topological polar surface area (TPSA) is 76.4 Å². The summed E-state index contributed by atoms with van der Waals surface area (Å²) in [5, 5.41) is 9.23. The molecular formula is C12H13NO4. The van der Waals surface area contributed by atoms with Gasteiger partial charge in [0, 0.05) is 18.4 Å². The zero-order valence-electron chi connectivity index (χ0n) is 9.56. The van der Waals surface area contributed by atoms with Gasteiger partial charge in [-0.2, -0.15) is 5.26 Å². The van der Waals surface area contributed by atoms with Crippen molar-refractivity contribution in [2.45, 2.75) is 37.9 Å². The first-order valence-corrected chi connectivity index (χ1v) is 5.49. The Morgan fingerprint density at radius 3 is 3.00 bits per heavy atom. The highest BCUT2D eigenvalue weighted by Gasteiger charge is 2.55. The maximum Gasteiger partial charge on any atom is 0.334 e. The average Bonchev–Trinajstić information content (AvgIpc) is 2.61. The van der Waals surface area contributed by atoms with Gasteiger partial charge < -0.3 is 9.47 Å². The number of carbonyl (C=O) groups excluding carboxylic acids is 2. The molecule has 1 aliphatic carbocycles. The average molecular weight is 235 g/mol. The van der Waals surface area contributed by atoms with E-state index in [0.29, 0.717) is 19.3 Å². The molecule has 3 atom stereocenters. The summed E-state index contributed by atoms with van der Waals surface area (Å²) in [5.74, 6) is -1.06. The first kappa shape index (κ1) is 11.6. The van der Waals surface area contributed by atoms with Gasteiger partial charge in [-0.15, -0.1) is 0 Å². The van der Waals surface area contributed by atoms with Gasteiger partial charge in [0.1, 0.15) is 6.07 Å². The van der Waals surface area contributed by atoms with Crippen molar-refractivity contribution in [2.24, 2.45) is 5.92 Å². The molecule has 2 fully saturated rings. The summed E-state index contributed by atoms with van der Waals surface area (Å²) < 4.78 is 10.3. The quantitative estimate of drug-likeness (QED) is 0.529. The van der Waals surface area contributed by atoms with E-state index in [4.69, 9.17) is 9.47 Å². The van der Waals surface area contributed by atoms with Gasteiger partial charge in [-0.05, 0) is 13.3 Å². The van der Waals surface area contributed by atoms with E-state index in [-0.39, 0.29) is 17.5 Å². The van der Waals surface area contributed by atoms with Gasteiger partial charge in [-0.25, -0.2) is 4.79 Å². The Bertz CT molecular complexity index is 436. The summed E-state index contributed by atoms with van der Waals surface area (Å²) in [4.78, 5) is 22.9. The summed E-state index contributed by atoms with van der Waals surface area (Å²) in [7, 11) is 0. The van der Waals surface area contributed by atoms with E-state index >= 15 is 0 Å². The molecule has 0 aromatic rings. The van der Waals surface area contributed by atoms with Crippen molar-refractivity contribution in [1.82, 2.24) is 0 Å². The predicted molar refractivity (Wildman–Crippen MR) is 56.5 cm³/mol. The fraction of sp³-hybridized carbons (Fsp3) is 0.583. The monoisotopic (exact) mass is 235 g/mol. The molecule has 3 unspecified atom stereocenters. The molecule has 17 heavy (non-hydrogen) atoms. The Labute approximate surface area is 99.0 Å². The minimum absolute atomic E-state index is 0.148. The van der Waals surface area contributed by atoms with Gasteiger partial charge >= 0.3 is 11.9 Å². The summed E-state index contributed by atoms with van der Waals surface area (Å²) in [6.07, 6.45) is 0.674. The zero-order chi connectivity index (χ0) is 12.6. The molecule has 1 saturated heterocycles. The van der Waals surface area contributed by atoms with Gasteiger partial charge in [0.05, 0.1) is 5.92 Å². The maximum atomic E-state index is 11.5. The highest BCUT2D eigenvalue weighted by molar-refractivity contribution is 5.87. The molecule has 0 spiro atoms. The second kappa shape index (κ2) is 3.88. The number of esters is 2. The molecule has 5 nitrogen and oxygen atoms in total. The van der Waals surface area contributed by atoms with E-state index in [0.717, 1.165) is 0 Å². The molecule has 0 radical (unpaired) electrons. The highest BCUT2D eigenvalue weighted by Crippen LogP contribution is 2.42. The van der Waals surface area contributed by atoms with Crippen LogP contribution in [-0.4, -0.2) is 23.6 Å². The van der Waals surface area contributed by atoms with Gasteiger partial charge in [0.2, 0.25) is 5.60 Å². The number of nitriles is 1. The standard InChI is InChI=1S/C12H13NO4/c1-7(2)10(14)17-12(6-13)4-3-8-5-9(12)16-11(8)15/h8-9H,1,3-5H2,2H3. The van der Waals surface area contributed by atoms with Crippen LogP contribution in [0.15, 0.2) is 12.2 Å². The summed E-state index contributed by atoms with van der Waals surface area (Å²) in [5.41, 5.74) is -1.11. The van der Waals surface area contributed by atoms with E-state index in [9.17, 15) is 14.9 Å². The summed E-state index contributed by atoms with van der Waals surface area (Å²) >= 11 is 0. The van der Waals surface area contributed by atoms with Crippen molar-refractivity contribution in [2.75, 3.05) is 0 Å². The molecule has 90 valence electrons. The van der Waals surface area contributed by atoms with E-state index in [1.807, 2.05) is 6.07 Å². The van der Waals surface area contributed by atoms with Crippen molar-refractivity contribution in [3.8, 4) is 6.07 Å². The second-order valence-electron chi connectivity index (χ2n) is 4.57. The van der Waals surface area contributed by atoms with Crippen LogP contribution < -0.4 is 0 Å². The number of hydrogen-bond donors (Lipinski definition) is 0. The van der Waals surface area contributed by atoms with Crippen LogP contribution in [0.3, 0.4) is 0 Å². The van der Waals surface area contributed by atoms with Crippen molar-refractivity contribution in [3.63, 3.8) is 0 Å². The summed E-state index contributed by atoms with van der Waals surface area (Å²) in [6, 6.07) is 1.99. The lowest BCUT2D eigenvalue weighted by molar-refractivity contribution is -0.166. The largest absolute Gasteiger partial charge is 0.457 e. The number of rotatable bonds is 2. The molecule has 5 heteroatoms. The normalized spacial score (nSPS) is 34.7. The molecule has 0 aromatic carbocycles. The van der Waals surface area contributed by atoms with Crippen molar-refractivity contribution in [1.29, 1.82) is 5.26 Å².